The summed E-state index contributed by atoms with van der Waals surface area (Å²) in [5, 5.41) is 12.0. The Morgan fingerprint density at radius 1 is 1.03 bits per heavy atom. The number of aliphatic hydroxyl groups is 1. The van der Waals surface area contributed by atoms with Crippen molar-refractivity contribution in [1.82, 2.24) is 24.9 Å². The molecule has 146 valence electrons. The molecule has 0 saturated carbocycles. The van der Waals surface area contributed by atoms with Crippen molar-refractivity contribution in [3.05, 3.63) is 67.3 Å². The summed E-state index contributed by atoms with van der Waals surface area (Å²) >= 11 is 0. The van der Waals surface area contributed by atoms with Gasteiger partial charge in [-0.05, 0) is 30.3 Å². The summed E-state index contributed by atoms with van der Waals surface area (Å²) in [6, 6.07) is 13.2. The molecule has 8 nitrogen and oxygen atoms in total. The van der Waals surface area contributed by atoms with Crippen LogP contribution in [0.2, 0.25) is 0 Å². The maximum Gasteiger partial charge on any atom is 0.227 e. The molecule has 0 unspecified atom stereocenters. The number of benzene rings is 1. The lowest BCUT2D eigenvalue weighted by molar-refractivity contribution is 0.233. The predicted molar refractivity (Wildman–Crippen MR) is 110 cm³/mol. The van der Waals surface area contributed by atoms with Crippen LogP contribution in [-0.2, 0) is 0 Å². The van der Waals surface area contributed by atoms with Crippen molar-refractivity contribution in [1.29, 1.82) is 0 Å². The predicted octanol–water partition coefficient (Wildman–Crippen LogP) is 3.43. The zero-order valence-corrected chi connectivity index (χ0v) is 15.6. The van der Waals surface area contributed by atoms with Crippen LogP contribution in [0.5, 0.6) is 5.75 Å². The van der Waals surface area contributed by atoms with Gasteiger partial charge in [0.15, 0.2) is 0 Å². The summed E-state index contributed by atoms with van der Waals surface area (Å²) in [4.78, 5) is 20.7. The number of pyridine rings is 1. The first kappa shape index (κ1) is 18.6. The van der Waals surface area contributed by atoms with Gasteiger partial charge in [0.05, 0.1) is 24.2 Å². The highest BCUT2D eigenvalue weighted by Gasteiger charge is 2.08. The molecule has 4 aromatic rings. The first-order valence-electron chi connectivity index (χ1n) is 9.21. The number of imidazole rings is 1. The summed E-state index contributed by atoms with van der Waals surface area (Å²) in [7, 11) is 0. The molecule has 0 spiro atoms. The van der Waals surface area contributed by atoms with E-state index < -0.39 is 0 Å². The third kappa shape index (κ3) is 4.74. The number of hydrogen-bond donors (Lipinski definition) is 3. The molecule has 0 radical (unpaired) electrons. The molecule has 0 atom stereocenters. The number of aromatic nitrogens is 5. The average molecular weight is 388 g/mol. The van der Waals surface area contributed by atoms with Gasteiger partial charge in [0.2, 0.25) is 5.95 Å². The second-order valence-corrected chi connectivity index (χ2v) is 6.23. The lowest BCUT2D eigenvalue weighted by atomic mass is 10.3. The second kappa shape index (κ2) is 8.94. The van der Waals surface area contributed by atoms with Crippen LogP contribution in [0.25, 0.3) is 22.8 Å². The Morgan fingerprint density at radius 3 is 2.86 bits per heavy atom. The number of hydrogen-bond acceptors (Lipinski definition) is 7. The Hall–Kier alpha value is -3.78. The Kier molecular flexibility index (Phi) is 5.73. The Balaban J connectivity index is 1.50. The smallest absolute Gasteiger partial charge is 0.227 e. The van der Waals surface area contributed by atoms with Crippen molar-refractivity contribution in [2.75, 3.05) is 18.5 Å². The van der Waals surface area contributed by atoms with Gasteiger partial charge in [0.25, 0.3) is 0 Å². The van der Waals surface area contributed by atoms with E-state index in [2.05, 4.69) is 30.2 Å². The van der Waals surface area contributed by atoms with Gasteiger partial charge in [-0.3, -0.25) is 4.98 Å². The molecule has 0 saturated heterocycles. The summed E-state index contributed by atoms with van der Waals surface area (Å²) in [5.41, 5.74) is 3.23. The number of ether oxygens (including phenoxy) is 1. The van der Waals surface area contributed by atoms with E-state index in [4.69, 9.17) is 9.84 Å². The van der Waals surface area contributed by atoms with E-state index in [0.717, 1.165) is 28.5 Å². The lowest BCUT2D eigenvalue weighted by Gasteiger charge is -2.09. The minimum atomic E-state index is 0.106. The first-order valence-corrected chi connectivity index (χ1v) is 9.21. The summed E-state index contributed by atoms with van der Waals surface area (Å²) in [6.07, 6.45) is 7.50. The molecule has 0 bridgehead atoms. The highest BCUT2D eigenvalue weighted by atomic mass is 16.5. The highest BCUT2D eigenvalue weighted by molar-refractivity contribution is 5.63. The van der Waals surface area contributed by atoms with Crippen LogP contribution >= 0.6 is 0 Å². The molecular formula is C21H20N6O2. The highest BCUT2D eigenvalue weighted by Crippen LogP contribution is 2.23. The van der Waals surface area contributed by atoms with Gasteiger partial charge in [-0.15, -0.1) is 0 Å². The van der Waals surface area contributed by atoms with Gasteiger partial charge in [-0.1, -0.05) is 6.07 Å². The number of nitrogens with one attached hydrogen (secondary N) is 2. The van der Waals surface area contributed by atoms with E-state index in [0.29, 0.717) is 24.7 Å². The molecular weight excluding hydrogens is 368 g/mol. The van der Waals surface area contributed by atoms with Gasteiger partial charge in [-0.25, -0.2) is 15.0 Å². The van der Waals surface area contributed by atoms with Crippen LogP contribution in [0.1, 0.15) is 6.42 Å². The standard InChI is InChI=1S/C21H20N6O2/c28-10-3-11-29-17-6-1-5-16(12-17)25-21-23-9-7-18(27-21)19-14-24-20(26-19)15-4-2-8-22-13-15/h1-2,4-9,12-14,28H,3,10-11H2,(H,24,26)(H,23,25,27). The zero-order valence-electron chi connectivity index (χ0n) is 15.6. The van der Waals surface area contributed by atoms with Gasteiger partial charge in [0, 0.05) is 48.9 Å². The van der Waals surface area contributed by atoms with E-state index in [1.807, 2.05) is 42.5 Å². The van der Waals surface area contributed by atoms with Crippen LogP contribution in [0.4, 0.5) is 11.6 Å². The van der Waals surface area contributed by atoms with Gasteiger partial charge in [0.1, 0.15) is 11.6 Å². The minimum absolute atomic E-state index is 0.106. The number of aliphatic hydroxyl groups excluding tert-OH is 1. The number of anilines is 2. The third-order valence-corrected chi connectivity index (χ3v) is 4.10. The number of H-pyrrole nitrogens is 1. The van der Waals surface area contributed by atoms with Crippen molar-refractivity contribution in [3.8, 4) is 28.5 Å². The zero-order chi connectivity index (χ0) is 19.9. The van der Waals surface area contributed by atoms with Crippen molar-refractivity contribution in [2.24, 2.45) is 0 Å². The summed E-state index contributed by atoms with van der Waals surface area (Å²) in [6.45, 7) is 0.569. The molecule has 0 aliphatic rings. The molecule has 1 aromatic carbocycles. The summed E-state index contributed by atoms with van der Waals surface area (Å²) < 4.78 is 5.60. The number of aromatic amines is 1. The lowest BCUT2D eigenvalue weighted by Crippen LogP contribution is -2.01. The first-order chi connectivity index (χ1) is 14.3. The third-order valence-electron chi connectivity index (χ3n) is 4.10. The maximum absolute atomic E-state index is 8.86. The van der Waals surface area contributed by atoms with Gasteiger partial charge < -0.3 is 20.1 Å². The fraction of sp³-hybridized carbons (Fsp3) is 0.143. The van der Waals surface area contributed by atoms with Crippen molar-refractivity contribution in [3.63, 3.8) is 0 Å². The number of rotatable bonds is 8. The van der Waals surface area contributed by atoms with Crippen LogP contribution in [0.15, 0.2) is 67.3 Å². The van der Waals surface area contributed by atoms with Gasteiger partial charge >= 0.3 is 0 Å². The SMILES string of the molecule is OCCCOc1cccc(Nc2nccc(-c3cnc(-c4cccnc4)[nH]3)n2)c1. The monoisotopic (exact) mass is 388 g/mol. The fourth-order valence-corrected chi connectivity index (χ4v) is 2.72. The molecule has 0 fully saturated rings. The topological polar surface area (TPSA) is 109 Å². The van der Waals surface area contributed by atoms with Crippen LogP contribution < -0.4 is 10.1 Å². The van der Waals surface area contributed by atoms with Crippen LogP contribution in [-0.4, -0.2) is 43.2 Å². The molecule has 3 heterocycles. The molecule has 0 amide bonds. The largest absolute Gasteiger partial charge is 0.493 e. The maximum atomic E-state index is 8.86. The van der Waals surface area contributed by atoms with E-state index in [1.165, 1.54) is 0 Å². The molecule has 3 N–H and O–H groups in total. The van der Waals surface area contributed by atoms with E-state index >= 15 is 0 Å². The minimum Gasteiger partial charge on any atom is -0.493 e. The normalized spacial score (nSPS) is 10.7. The van der Waals surface area contributed by atoms with Crippen molar-refractivity contribution in [2.45, 2.75) is 6.42 Å². The van der Waals surface area contributed by atoms with Crippen molar-refractivity contribution < 1.29 is 9.84 Å². The molecule has 4 rings (SSSR count). The molecule has 3 aromatic heterocycles. The van der Waals surface area contributed by atoms with Crippen molar-refractivity contribution >= 4 is 11.6 Å². The molecule has 8 heteroatoms. The van der Waals surface area contributed by atoms with E-state index in [9.17, 15) is 0 Å². The Bertz CT molecular complexity index is 1070. The van der Waals surface area contributed by atoms with Gasteiger partial charge in [-0.2, -0.15) is 0 Å². The van der Waals surface area contributed by atoms with Crippen LogP contribution in [0.3, 0.4) is 0 Å². The van der Waals surface area contributed by atoms with Crippen LogP contribution in [0, 0.1) is 0 Å². The fourth-order valence-electron chi connectivity index (χ4n) is 2.72. The average Bonchev–Trinajstić information content (AvgIpc) is 3.26. The van der Waals surface area contributed by atoms with E-state index in [1.54, 1.807) is 24.8 Å². The second-order valence-electron chi connectivity index (χ2n) is 6.23. The molecule has 29 heavy (non-hydrogen) atoms. The Morgan fingerprint density at radius 2 is 2.00 bits per heavy atom. The van der Waals surface area contributed by atoms with E-state index in [-0.39, 0.29) is 6.61 Å². The molecule has 0 aliphatic carbocycles. The Labute approximate surface area is 167 Å². The number of nitrogens with zero attached hydrogens (tertiary/aromatic N) is 4. The summed E-state index contributed by atoms with van der Waals surface area (Å²) in [5.74, 6) is 1.91. The molecule has 0 aliphatic heterocycles. The quantitative estimate of drug-likeness (QED) is 0.397.